The molecule has 0 heterocycles. The van der Waals surface area contributed by atoms with Gasteiger partial charge in [-0.25, -0.2) is 0 Å². The third-order valence-electron chi connectivity index (χ3n) is 9.52. The van der Waals surface area contributed by atoms with Crippen molar-refractivity contribution in [1.82, 2.24) is 0 Å². The van der Waals surface area contributed by atoms with Crippen LogP contribution in [0.3, 0.4) is 0 Å². The van der Waals surface area contributed by atoms with E-state index in [1.165, 1.54) is 103 Å². The molecule has 0 radical (unpaired) electrons. The number of quaternary nitrogens is 1. The van der Waals surface area contributed by atoms with Gasteiger partial charge in [0.1, 0.15) is 0 Å². The summed E-state index contributed by atoms with van der Waals surface area (Å²) in [5, 5.41) is 28.3. The van der Waals surface area contributed by atoms with Crippen LogP contribution in [0.2, 0.25) is 0 Å². The standard InChI is InChI=1S/C37H69NO6/c1-5-6-7-8-9-10-11-12-13-14-15-16-17-18-19-20-21-22-23-24-28-38(29-25-32(2)35(39)40,30-26-33(3)36(41)42)31-27-34(4)37(43)44/h9-10,32-34H,5-8,11-31H2,1-4H3,(H2-,39,40,41,42,43,44)/p+1/b10-9+. The van der Waals surface area contributed by atoms with Gasteiger partial charge in [0.05, 0.1) is 43.9 Å². The fourth-order valence-electron chi connectivity index (χ4n) is 5.85. The number of nitrogens with zero attached hydrogens (tertiary/aromatic N) is 1. The van der Waals surface area contributed by atoms with E-state index >= 15 is 0 Å². The predicted octanol–water partition coefficient (Wildman–Crippen LogP) is 9.73. The molecule has 0 aromatic rings. The number of aliphatic carboxylic acids is 3. The molecule has 0 aromatic heterocycles. The minimum absolute atomic E-state index is 0.478. The Morgan fingerprint density at radius 2 is 0.773 bits per heavy atom. The van der Waals surface area contributed by atoms with Crippen molar-refractivity contribution in [1.29, 1.82) is 0 Å². The number of allylic oxidation sites excluding steroid dienone is 2. The average molecular weight is 625 g/mol. The zero-order chi connectivity index (χ0) is 33.1. The van der Waals surface area contributed by atoms with Crippen molar-refractivity contribution in [2.75, 3.05) is 26.2 Å². The second-order valence-corrected chi connectivity index (χ2v) is 13.7. The summed E-state index contributed by atoms with van der Waals surface area (Å²) >= 11 is 0. The van der Waals surface area contributed by atoms with Gasteiger partial charge in [-0.3, -0.25) is 14.4 Å². The van der Waals surface area contributed by atoms with E-state index in [1.54, 1.807) is 20.8 Å². The van der Waals surface area contributed by atoms with Gasteiger partial charge in [-0.2, -0.15) is 0 Å². The lowest BCUT2D eigenvalue weighted by atomic mass is 10.0. The number of rotatable bonds is 32. The van der Waals surface area contributed by atoms with Gasteiger partial charge in [-0.1, -0.05) is 117 Å². The zero-order valence-corrected chi connectivity index (χ0v) is 29.1. The molecule has 0 aliphatic carbocycles. The number of carboxylic acid groups (broad SMARTS) is 3. The van der Waals surface area contributed by atoms with Gasteiger partial charge < -0.3 is 19.8 Å². The molecule has 44 heavy (non-hydrogen) atoms. The predicted molar refractivity (Wildman–Crippen MR) is 182 cm³/mol. The summed E-state index contributed by atoms with van der Waals surface area (Å²) in [7, 11) is 0. The van der Waals surface area contributed by atoms with Gasteiger partial charge in [0.25, 0.3) is 0 Å². The Morgan fingerprint density at radius 3 is 1.09 bits per heavy atom. The van der Waals surface area contributed by atoms with E-state index < -0.39 is 35.7 Å². The summed E-state index contributed by atoms with van der Waals surface area (Å²) < 4.78 is 0.614. The van der Waals surface area contributed by atoms with E-state index in [0.717, 1.165) is 19.4 Å². The number of carboxylic acids is 3. The van der Waals surface area contributed by atoms with Gasteiger partial charge in [0.2, 0.25) is 0 Å². The third kappa shape index (κ3) is 23.5. The normalized spacial score (nSPS) is 15.2. The Hall–Kier alpha value is -1.89. The van der Waals surface area contributed by atoms with Crippen LogP contribution in [0.4, 0.5) is 0 Å². The van der Waals surface area contributed by atoms with E-state index in [1.807, 2.05) is 0 Å². The molecule has 0 saturated heterocycles. The van der Waals surface area contributed by atoms with Crippen LogP contribution in [0.1, 0.15) is 163 Å². The Kier molecular flexibility index (Phi) is 26.2. The largest absolute Gasteiger partial charge is 0.481 e. The lowest BCUT2D eigenvalue weighted by molar-refractivity contribution is -0.929. The first-order valence-electron chi connectivity index (χ1n) is 18.2. The van der Waals surface area contributed by atoms with Crippen molar-refractivity contribution in [3.05, 3.63) is 12.2 Å². The van der Waals surface area contributed by atoms with Crippen molar-refractivity contribution in [2.45, 2.75) is 163 Å². The van der Waals surface area contributed by atoms with Crippen LogP contribution in [-0.2, 0) is 14.4 Å². The van der Waals surface area contributed by atoms with Gasteiger partial charge in [-0.05, 0) is 38.5 Å². The molecule has 0 aliphatic rings. The molecule has 7 nitrogen and oxygen atoms in total. The number of hydrogen-bond acceptors (Lipinski definition) is 3. The molecular weight excluding hydrogens is 554 g/mol. The highest BCUT2D eigenvalue weighted by Gasteiger charge is 2.31. The first-order valence-corrected chi connectivity index (χ1v) is 18.2. The van der Waals surface area contributed by atoms with Crippen LogP contribution >= 0.6 is 0 Å². The maximum absolute atomic E-state index is 11.5. The highest BCUT2D eigenvalue weighted by Crippen LogP contribution is 2.22. The van der Waals surface area contributed by atoms with E-state index in [0.29, 0.717) is 43.4 Å². The highest BCUT2D eigenvalue weighted by molar-refractivity contribution is 5.70. The van der Waals surface area contributed by atoms with Gasteiger partial charge in [-0.15, -0.1) is 0 Å². The molecule has 0 fully saturated rings. The molecule has 7 heteroatoms. The van der Waals surface area contributed by atoms with E-state index in [9.17, 15) is 29.7 Å². The first-order chi connectivity index (χ1) is 21.0. The summed E-state index contributed by atoms with van der Waals surface area (Å²) in [4.78, 5) is 34.5. The molecule has 3 atom stereocenters. The van der Waals surface area contributed by atoms with Gasteiger partial charge in [0.15, 0.2) is 0 Å². The maximum Gasteiger partial charge on any atom is 0.306 e. The second kappa shape index (κ2) is 27.4. The summed E-state index contributed by atoms with van der Waals surface area (Å²) in [5.41, 5.74) is 0. The van der Waals surface area contributed by atoms with E-state index in [2.05, 4.69) is 19.1 Å². The summed E-state index contributed by atoms with van der Waals surface area (Å²) in [6, 6.07) is 0. The molecular formula is C37H70NO6+. The molecule has 0 saturated carbocycles. The Morgan fingerprint density at radius 1 is 0.477 bits per heavy atom. The van der Waals surface area contributed by atoms with Crippen LogP contribution in [-0.4, -0.2) is 63.9 Å². The Balaban J connectivity index is 4.38. The minimum Gasteiger partial charge on any atom is -0.481 e. The highest BCUT2D eigenvalue weighted by atomic mass is 16.4. The van der Waals surface area contributed by atoms with Crippen molar-refractivity contribution in [3.63, 3.8) is 0 Å². The number of carbonyl (C=O) groups is 3. The molecule has 0 rings (SSSR count). The van der Waals surface area contributed by atoms with Crippen LogP contribution in [0.5, 0.6) is 0 Å². The second-order valence-electron chi connectivity index (χ2n) is 13.7. The van der Waals surface area contributed by atoms with E-state index in [-0.39, 0.29) is 0 Å². The fourth-order valence-corrected chi connectivity index (χ4v) is 5.85. The van der Waals surface area contributed by atoms with Crippen molar-refractivity contribution >= 4 is 17.9 Å². The molecule has 0 amide bonds. The van der Waals surface area contributed by atoms with Crippen LogP contribution < -0.4 is 0 Å². The minimum atomic E-state index is -0.822. The van der Waals surface area contributed by atoms with E-state index in [4.69, 9.17) is 0 Å². The molecule has 3 N–H and O–H groups in total. The van der Waals surface area contributed by atoms with Crippen LogP contribution in [0.15, 0.2) is 12.2 Å². The molecule has 258 valence electrons. The fraction of sp³-hybridized carbons (Fsp3) is 0.865. The van der Waals surface area contributed by atoms with Gasteiger partial charge in [0, 0.05) is 19.3 Å². The lowest BCUT2D eigenvalue weighted by Gasteiger charge is -2.40. The summed E-state index contributed by atoms with van der Waals surface area (Å²) in [6.45, 7) is 10.2. The SMILES string of the molecule is CCCCC/C=C/CCCCCCCCCCCCCCC[N+](CCC(C)C(=O)O)(CCC(C)C(=O)O)CCC(C)C(=O)O. The average Bonchev–Trinajstić information content (AvgIpc) is 2.99. The Labute approximate surface area is 270 Å². The summed E-state index contributed by atoms with van der Waals surface area (Å²) in [5.74, 6) is -3.90. The van der Waals surface area contributed by atoms with Gasteiger partial charge >= 0.3 is 17.9 Å². The van der Waals surface area contributed by atoms with Crippen molar-refractivity contribution < 1.29 is 34.2 Å². The topological polar surface area (TPSA) is 112 Å². The summed E-state index contributed by atoms with van der Waals surface area (Å²) in [6.07, 6.45) is 29.2. The monoisotopic (exact) mass is 625 g/mol. The molecule has 0 aromatic carbocycles. The van der Waals surface area contributed by atoms with Crippen molar-refractivity contribution in [3.8, 4) is 0 Å². The van der Waals surface area contributed by atoms with Crippen LogP contribution in [0, 0.1) is 17.8 Å². The number of hydrogen-bond donors (Lipinski definition) is 3. The lowest BCUT2D eigenvalue weighted by Crippen LogP contribution is -2.52. The maximum atomic E-state index is 11.5. The molecule has 3 unspecified atom stereocenters. The van der Waals surface area contributed by atoms with Crippen molar-refractivity contribution in [2.24, 2.45) is 17.8 Å². The molecule has 0 bridgehead atoms. The smallest absolute Gasteiger partial charge is 0.306 e. The zero-order valence-electron chi connectivity index (χ0n) is 29.1. The third-order valence-corrected chi connectivity index (χ3v) is 9.52. The molecule has 0 aliphatic heterocycles. The molecule has 0 spiro atoms. The number of unbranched alkanes of at least 4 members (excludes halogenated alkanes) is 16. The van der Waals surface area contributed by atoms with Crippen LogP contribution in [0.25, 0.3) is 0 Å². The quantitative estimate of drug-likeness (QED) is 0.0390. The Bertz CT molecular complexity index is 707. The first kappa shape index (κ1) is 42.1.